The second-order valence-corrected chi connectivity index (χ2v) is 5.85. The molecule has 0 aromatic heterocycles. The number of aryl methyl sites for hydroxylation is 1. The first-order valence-electron chi connectivity index (χ1n) is 6.85. The number of carbonyl (C=O) groups excluding carboxylic acids is 1. The summed E-state index contributed by atoms with van der Waals surface area (Å²) in [7, 11) is 1.85. The first kappa shape index (κ1) is 15.9. The Morgan fingerprint density at radius 1 is 1.26 bits per heavy atom. The Kier molecular flexibility index (Phi) is 5.70. The molecule has 3 heteroatoms. The molecule has 0 aliphatic heterocycles. The minimum atomic E-state index is -0.778. The zero-order valence-corrected chi connectivity index (χ0v) is 12.4. The molecule has 1 rings (SSSR count). The van der Waals surface area contributed by atoms with Gasteiger partial charge in [0.15, 0.2) is 5.78 Å². The third-order valence-corrected chi connectivity index (χ3v) is 2.88. The third kappa shape index (κ3) is 5.99. The summed E-state index contributed by atoms with van der Waals surface area (Å²) in [5.41, 5.74) is 1.23. The van der Waals surface area contributed by atoms with Crippen molar-refractivity contribution >= 4 is 5.78 Å². The molecule has 0 spiro atoms. The maximum absolute atomic E-state index is 12.1. The van der Waals surface area contributed by atoms with Crippen molar-refractivity contribution in [2.75, 3.05) is 20.1 Å². The van der Waals surface area contributed by atoms with Crippen LogP contribution in [0.2, 0.25) is 0 Å². The van der Waals surface area contributed by atoms with Crippen LogP contribution in [-0.4, -0.2) is 41.5 Å². The van der Waals surface area contributed by atoms with E-state index in [0.29, 0.717) is 13.1 Å². The fraction of sp³-hybridized carbons (Fsp3) is 0.562. The predicted octanol–water partition coefficient (Wildman–Crippen LogP) is 2.52. The molecule has 0 heterocycles. The van der Waals surface area contributed by atoms with Crippen molar-refractivity contribution in [3.63, 3.8) is 0 Å². The van der Waals surface area contributed by atoms with E-state index in [9.17, 15) is 9.90 Å². The summed E-state index contributed by atoms with van der Waals surface area (Å²) in [5, 5.41) is 9.71. The highest BCUT2D eigenvalue weighted by atomic mass is 16.3. The van der Waals surface area contributed by atoms with Crippen molar-refractivity contribution in [3.05, 3.63) is 35.4 Å². The van der Waals surface area contributed by atoms with Gasteiger partial charge in [-0.3, -0.25) is 9.69 Å². The summed E-state index contributed by atoms with van der Waals surface area (Å²) in [6.07, 6.45) is 2.16. The van der Waals surface area contributed by atoms with E-state index >= 15 is 0 Å². The number of benzene rings is 1. The Bertz CT molecular complexity index is 404. The summed E-state index contributed by atoms with van der Waals surface area (Å²) in [5.74, 6) is 0.0924. The van der Waals surface area contributed by atoms with Crippen LogP contribution >= 0.6 is 0 Å². The standard InChI is InChI=1S/C16H25NO2/c1-5-6-13-7-9-14(10-8-13)15(18)11-17(4)12-16(2,3)19/h7-10,19H,5-6,11-12H2,1-4H3. The molecule has 1 aromatic carbocycles. The van der Waals surface area contributed by atoms with E-state index in [-0.39, 0.29) is 5.78 Å². The zero-order chi connectivity index (χ0) is 14.5. The van der Waals surface area contributed by atoms with Crippen LogP contribution in [0, 0.1) is 0 Å². The highest BCUT2D eigenvalue weighted by Crippen LogP contribution is 2.09. The van der Waals surface area contributed by atoms with Crippen molar-refractivity contribution in [2.45, 2.75) is 39.2 Å². The van der Waals surface area contributed by atoms with E-state index < -0.39 is 5.60 Å². The van der Waals surface area contributed by atoms with Crippen LogP contribution in [-0.2, 0) is 6.42 Å². The smallest absolute Gasteiger partial charge is 0.176 e. The fourth-order valence-electron chi connectivity index (χ4n) is 2.20. The van der Waals surface area contributed by atoms with Gasteiger partial charge < -0.3 is 5.11 Å². The molecule has 0 saturated carbocycles. The van der Waals surface area contributed by atoms with E-state index in [2.05, 4.69) is 6.92 Å². The minimum Gasteiger partial charge on any atom is -0.389 e. The molecular formula is C16H25NO2. The summed E-state index contributed by atoms with van der Waals surface area (Å²) in [6.45, 7) is 6.44. The van der Waals surface area contributed by atoms with Crippen LogP contribution in [0.4, 0.5) is 0 Å². The van der Waals surface area contributed by atoms with Gasteiger partial charge in [-0.25, -0.2) is 0 Å². The molecule has 0 amide bonds. The second-order valence-electron chi connectivity index (χ2n) is 5.85. The van der Waals surface area contributed by atoms with Crippen LogP contribution in [0.25, 0.3) is 0 Å². The lowest BCUT2D eigenvalue weighted by Gasteiger charge is -2.24. The molecule has 0 unspecified atom stereocenters. The van der Waals surface area contributed by atoms with Crippen molar-refractivity contribution < 1.29 is 9.90 Å². The lowest BCUT2D eigenvalue weighted by molar-refractivity contribution is 0.0439. The fourth-order valence-corrected chi connectivity index (χ4v) is 2.20. The highest BCUT2D eigenvalue weighted by molar-refractivity contribution is 5.97. The molecule has 0 saturated heterocycles. The van der Waals surface area contributed by atoms with Gasteiger partial charge in [0.2, 0.25) is 0 Å². The van der Waals surface area contributed by atoms with Crippen LogP contribution in [0.1, 0.15) is 43.1 Å². The Morgan fingerprint density at radius 2 is 1.84 bits per heavy atom. The van der Waals surface area contributed by atoms with Crippen LogP contribution in [0.15, 0.2) is 24.3 Å². The highest BCUT2D eigenvalue weighted by Gasteiger charge is 2.17. The van der Waals surface area contributed by atoms with E-state index in [1.807, 2.05) is 36.2 Å². The van der Waals surface area contributed by atoms with E-state index in [0.717, 1.165) is 18.4 Å². The second kappa shape index (κ2) is 6.83. The van der Waals surface area contributed by atoms with Crippen molar-refractivity contribution in [3.8, 4) is 0 Å². The van der Waals surface area contributed by atoms with Gasteiger partial charge in [0.25, 0.3) is 0 Å². The number of hydrogen-bond acceptors (Lipinski definition) is 3. The maximum atomic E-state index is 12.1. The number of carbonyl (C=O) groups is 1. The summed E-state index contributed by atoms with van der Waals surface area (Å²) in [4.78, 5) is 13.9. The Labute approximate surface area is 116 Å². The van der Waals surface area contributed by atoms with E-state index in [4.69, 9.17) is 0 Å². The molecule has 1 aromatic rings. The SMILES string of the molecule is CCCc1ccc(C(=O)CN(C)CC(C)(C)O)cc1. The zero-order valence-electron chi connectivity index (χ0n) is 12.4. The first-order valence-corrected chi connectivity index (χ1v) is 6.85. The van der Waals surface area contributed by atoms with Crippen molar-refractivity contribution in [1.82, 2.24) is 4.90 Å². The quantitative estimate of drug-likeness (QED) is 0.769. The number of likely N-dealkylation sites (N-methyl/N-ethyl adjacent to an activating group) is 1. The van der Waals surface area contributed by atoms with Crippen LogP contribution in [0.5, 0.6) is 0 Å². The van der Waals surface area contributed by atoms with Gasteiger partial charge in [0.05, 0.1) is 12.1 Å². The van der Waals surface area contributed by atoms with E-state index in [1.165, 1.54) is 5.56 Å². The average Bonchev–Trinajstić information content (AvgIpc) is 2.27. The van der Waals surface area contributed by atoms with Gasteiger partial charge in [-0.05, 0) is 32.9 Å². The first-order chi connectivity index (χ1) is 8.81. The normalized spacial score (nSPS) is 11.9. The Balaban J connectivity index is 2.58. The molecule has 1 N–H and O–H groups in total. The number of ketones is 1. The third-order valence-electron chi connectivity index (χ3n) is 2.88. The monoisotopic (exact) mass is 263 g/mol. The number of nitrogens with zero attached hydrogens (tertiary/aromatic N) is 1. The molecule has 0 fully saturated rings. The molecule has 0 bridgehead atoms. The number of aliphatic hydroxyl groups is 1. The van der Waals surface area contributed by atoms with E-state index in [1.54, 1.807) is 13.8 Å². The van der Waals surface area contributed by atoms with Crippen LogP contribution in [0.3, 0.4) is 0 Å². The lowest BCUT2D eigenvalue weighted by Crippen LogP contribution is -2.38. The number of hydrogen-bond donors (Lipinski definition) is 1. The van der Waals surface area contributed by atoms with Gasteiger partial charge >= 0.3 is 0 Å². The molecule has 0 aliphatic carbocycles. The Morgan fingerprint density at radius 3 is 2.32 bits per heavy atom. The predicted molar refractivity (Wildman–Crippen MR) is 78.6 cm³/mol. The van der Waals surface area contributed by atoms with Crippen LogP contribution < -0.4 is 0 Å². The van der Waals surface area contributed by atoms with Gasteiger partial charge in [-0.2, -0.15) is 0 Å². The molecule has 3 nitrogen and oxygen atoms in total. The molecule has 0 atom stereocenters. The van der Waals surface area contributed by atoms with Gasteiger partial charge in [0.1, 0.15) is 0 Å². The van der Waals surface area contributed by atoms with Gasteiger partial charge in [-0.1, -0.05) is 37.6 Å². The Hall–Kier alpha value is -1.19. The maximum Gasteiger partial charge on any atom is 0.176 e. The number of rotatable bonds is 7. The van der Waals surface area contributed by atoms with Crippen molar-refractivity contribution in [2.24, 2.45) is 0 Å². The molecule has 106 valence electrons. The summed E-state index contributed by atoms with van der Waals surface area (Å²) in [6, 6.07) is 7.83. The van der Waals surface area contributed by atoms with Crippen molar-refractivity contribution in [1.29, 1.82) is 0 Å². The topological polar surface area (TPSA) is 40.5 Å². The largest absolute Gasteiger partial charge is 0.389 e. The molecular weight excluding hydrogens is 238 g/mol. The van der Waals surface area contributed by atoms with Gasteiger partial charge in [0, 0.05) is 12.1 Å². The minimum absolute atomic E-state index is 0.0924. The molecule has 0 radical (unpaired) electrons. The average molecular weight is 263 g/mol. The lowest BCUT2D eigenvalue weighted by atomic mass is 10.0. The molecule has 0 aliphatic rings. The molecule has 19 heavy (non-hydrogen) atoms. The summed E-state index contributed by atoms with van der Waals surface area (Å²) >= 11 is 0. The van der Waals surface area contributed by atoms with Gasteiger partial charge in [-0.15, -0.1) is 0 Å². The number of Topliss-reactive ketones (excluding diaryl/α,β-unsaturated/α-hetero) is 1. The summed E-state index contributed by atoms with van der Waals surface area (Å²) < 4.78 is 0.